The highest BCUT2D eigenvalue weighted by Gasteiger charge is 2.08. The molecule has 0 heterocycles. The molecule has 0 aliphatic heterocycles. The van der Waals surface area contributed by atoms with E-state index < -0.39 is 0 Å². The Bertz CT molecular complexity index is 719. The molecule has 6 heteroatoms. The molecule has 2 amide bonds. The van der Waals surface area contributed by atoms with Gasteiger partial charge in [-0.05, 0) is 43.3 Å². The third-order valence-electron chi connectivity index (χ3n) is 3.16. The van der Waals surface area contributed by atoms with Crippen LogP contribution < -0.4 is 15.4 Å². The maximum Gasteiger partial charge on any atom is 0.251 e. The van der Waals surface area contributed by atoms with Crippen LogP contribution in [0, 0.1) is 0 Å². The highest BCUT2D eigenvalue weighted by molar-refractivity contribution is 8.00. The largest absolute Gasteiger partial charge is 0.497 e. The lowest BCUT2D eigenvalue weighted by molar-refractivity contribution is -0.113. The number of amides is 2. The molecule has 0 fully saturated rings. The SMILES string of the molecule is CCNC(=O)c1cccc(NC(=O)CSc2cccc(OC)c2)c1. The van der Waals surface area contributed by atoms with Gasteiger partial charge in [0.25, 0.3) is 5.91 Å². The second kappa shape index (κ2) is 8.98. The second-order valence-corrected chi connectivity index (χ2v) is 6.00. The number of benzene rings is 2. The van der Waals surface area contributed by atoms with Crippen LogP contribution in [-0.4, -0.2) is 31.2 Å². The fraction of sp³-hybridized carbons (Fsp3) is 0.222. The first-order valence-electron chi connectivity index (χ1n) is 7.57. The van der Waals surface area contributed by atoms with E-state index in [9.17, 15) is 9.59 Å². The number of hydrogen-bond donors (Lipinski definition) is 2. The quantitative estimate of drug-likeness (QED) is 0.757. The van der Waals surface area contributed by atoms with E-state index in [0.717, 1.165) is 10.6 Å². The van der Waals surface area contributed by atoms with Gasteiger partial charge in [-0.2, -0.15) is 0 Å². The number of nitrogens with one attached hydrogen (secondary N) is 2. The van der Waals surface area contributed by atoms with Gasteiger partial charge in [0.05, 0.1) is 12.9 Å². The summed E-state index contributed by atoms with van der Waals surface area (Å²) in [5.74, 6) is 0.753. The van der Waals surface area contributed by atoms with Gasteiger partial charge in [0, 0.05) is 22.7 Å². The fourth-order valence-corrected chi connectivity index (χ4v) is 2.78. The standard InChI is InChI=1S/C18H20N2O3S/c1-3-19-18(22)13-6-4-7-14(10-13)20-17(21)12-24-16-9-5-8-15(11-16)23-2/h4-11H,3,12H2,1-2H3,(H,19,22)(H,20,21). The molecule has 0 atom stereocenters. The number of ether oxygens (including phenoxy) is 1. The van der Waals surface area contributed by atoms with Crippen LogP contribution in [0.3, 0.4) is 0 Å². The maximum atomic E-state index is 12.1. The molecule has 0 aliphatic rings. The first-order valence-corrected chi connectivity index (χ1v) is 8.56. The van der Waals surface area contributed by atoms with E-state index in [2.05, 4.69) is 10.6 Å². The van der Waals surface area contributed by atoms with Crippen LogP contribution in [0.15, 0.2) is 53.4 Å². The molecule has 2 rings (SSSR count). The molecule has 0 unspecified atom stereocenters. The van der Waals surface area contributed by atoms with Crippen molar-refractivity contribution in [3.63, 3.8) is 0 Å². The zero-order chi connectivity index (χ0) is 17.4. The third-order valence-corrected chi connectivity index (χ3v) is 4.15. The summed E-state index contributed by atoms with van der Waals surface area (Å²) < 4.78 is 5.16. The highest BCUT2D eigenvalue weighted by atomic mass is 32.2. The van der Waals surface area contributed by atoms with Crippen molar-refractivity contribution in [1.82, 2.24) is 5.32 Å². The number of thioether (sulfide) groups is 1. The molecule has 24 heavy (non-hydrogen) atoms. The van der Waals surface area contributed by atoms with E-state index in [1.807, 2.05) is 31.2 Å². The molecule has 0 bridgehead atoms. The van der Waals surface area contributed by atoms with Crippen LogP contribution in [-0.2, 0) is 4.79 Å². The van der Waals surface area contributed by atoms with Crippen LogP contribution in [0.5, 0.6) is 5.75 Å². The van der Waals surface area contributed by atoms with Crippen LogP contribution >= 0.6 is 11.8 Å². The Morgan fingerprint density at radius 2 is 1.92 bits per heavy atom. The Labute approximate surface area is 145 Å². The average Bonchev–Trinajstić information content (AvgIpc) is 2.60. The van der Waals surface area contributed by atoms with Crippen LogP contribution in [0.1, 0.15) is 17.3 Å². The minimum absolute atomic E-state index is 0.129. The van der Waals surface area contributed by atoms with Gasteiger partial charge >= 0.3 is 0 Å². The molecule has 5 nitrogen and oxygen atoms in total. The van der Waals surface area contributed by atoms with Gasteiger partial charge in [0.15, 0.2) is 0 Å². The van der Waals surface area contributed by atoms with Crippen molar-refractivity contribution >= 4 is 29.3 Å². The normalized spacial score (nSPS) is 10.1. The smallest absolute Gasteiger partial charge is 0.251 e. The van der Waals surface area contributed by atoms with E-state index >= 15 is 0 Å². The number of carbonyl (C=O) groups excluding carboxylic acids is 2. The van der Waals surface area contributed by atoms with Crippen LogP contribution in [0.25, 0.3) is 0 Å². The molecule has 0 aromatic heterocycles. The Morgan fingerprint density at radius 3 is 2.67 bits per heavy atom. The molecule has 2 aromatic carbocycles. The molecule has 2 N–H and O–H groups in total. The molecule has 0 spiro atoms. The van der Waals surface area contributed by atoms with Crippen LogP contribution in [0.4, 0.5) is 5.69 Å². The Hall–Kier alpha value is -2.47. The number of hydrogen-bond acceptors (Lipinski definition) is 4. The molecule has 0 saturated carbocycles. The van der Waals surface area contributed by atoms with E-state index in [0.29, 0.717) is 17.8 Å². The summed E-state index contributed by atoms with van der Waals surface area (Å²) in [5.41, 5.74) is 1.13. The molecular weight excluding hydrogens is 324 g/mol. The summed E-state index contributed by atoms with van der Waals surface area (Å²) in [5, 5.41) is 5.54. The third kappa shape index (κ3) is 5.31. The minimum Gasteiger partial charge on any atom is -0.497 e. The lowest BCUT2D eigenvalue weighted by Crippen LogP contribution is -2.23. The Balaban J connectivity index is 1.92. The van der Waals surface area contributed by atoms with Crippen molar-refractivity contribution in [3.05, 3.63) is 54.1 Å². The number of rotatable bonds is 7. The van der Waals surface area contributed by atoms with Crippen molar-refractivity contribution in [3.8, 4) is 5.75 Å². The van der Waals surface area contributed by atoms with Gasteiger partial charge in [-0.25, -0.2) is 0 Å². The highest BCUT2D eigenvalue weighted by Crippen LogP contribution is 2.23. The maximum absolute atomic E-state index is 12.1. The van der Waals surface area contributed by atoms with Gasteiger partial charge in [-0.3, -0.25) is 9.59 Å². The zero-order valence-corrected chi connectivity index (χ0v) is 14.5. The Morgan fingerprint density at radius 1 is 1.12 bits per heavy atom. The summed E-state index contributed by atoms with van der Waals surface area (Å²) in [7, 11) is 1.61. The monoisotopic (exact) mass is 344 g/mol. The van der Waals surface area contributed by atoms with Crippen molar-refractivity contribution in [2.75, 3.05) is 24.7 Å². The van der Waals surface area contributed by atoms with E-state index in [-0.39, 0.29) is 17.6 Å². The molecule has 0 radical (unpaired) electrons. The number of anilines is 1. The van der Waals surface area contributed by atoms with Crippen molar-refractivity contribution in [2.45, 2.75) is 11.8 Å². The molecule has 126 valence electrons. The molecule has 0 saturated heterocycles. The first kappa shape index (κ1) is 17.9. The summed E-state index contributed by atoms with van der Waals surface area (Å²) in [6.07, 6.45) is 0. The van der Waals surface area contributed by atoms with Crippen molar-refractivity contribution in [1.29, 1.82) is 0 Å². The molecule has 2 aromatic rings. The van der Waals surface area contributed by atoms with Crippen molar-refractivity contribution < 1.29 is 14.3 Å². The molecule has 0 aliphatic carbocycles. The molecular formula is C18H20N2O3S. The summed E-state index contributed by atoms with van der Waals surface area (Å²) in [4.78, 5) is 24.9. The second-order valence-electron chi connectivity index (χ2n) is 4.96. The van der Waals surface area contributed by atoms with Gasteiger partial charge in [-0.1, -0.05) is 12.1 Å². The van der Waals surface area contributed by atoms with Gasteiger partial charge in [0.1, 0.15) is 5.75 Å². The first-order chi connectivity index (χ1) is 11.6. The lowest BCUT2D eigenvalue weighted by atomic mass is 10.2. The minimum atomic E-state index is -0.153. The van der Waals surface area contributed by atoms with Crippen LogP contribution in [0.2, 0.25) is 0 Å². The predicted molar refractivity (Wildman–Crippen MR) is 96.8 cm³/mol. The summed E-state index contributed by atoms with van der Waals surface area (Å²) >= 11 is 1.42. The zero-order valence-electron chi connectivity index (χ0n) is 13.7. The van der Waals surface area contributed by atoms with E-state index in [4.69, 9.17) is 4.74 Å². The van der Waals surface area contributed by atoms with E-state index in [1.54, 1.807) is 31.4 Å². The topological polar surface area (TPSA) is 67.4 Å². The number of methoxy groups -OCH3 is 1. The summed E-state index contributed by atoms with van der Waals surface area (Å²) in [6, 6.07) is 14.4. The fourth-order valence-electron chi connectivity index (χ4n) is 2.04. The van der Waals surface area contributed by atoms with E-state index in [1.165, 1.54) is 11.8 Å². The lowest BCUT2D eigenvalue weighted by Gasteiger charge is -2.08. The van der Waals surface area contributed by atoms with Gasteiger partial charge in [-0.15, -0.1) is 11.8 Å². The van der Waals surface area contributed by atoms with Gasteiger partial charge in [0.2, 0.25) is 5.91 Å². The average molecular weight is 344 g/mol. The predicted octanol–water partition coefficient (Wildman–Crippen LogP) is 3.18. The number of carbonyl (C=O) groups is 2. The van der Waals surface area contributed by atoms with Crippen molar-refractivity contribution in [2.24, 2.45) is 0 Å². The van der Waals surface area contributed by atoms with Gasteiger partial charge < -0.3 is 15.4 Å². The summed E-state index contributed by atoms with van der Waals surface area (Å²) in [6.45, 7) is 2.42. The Kier molecular flexibility index (Phi) is 6.69.